The third-order valence-corrected chi connectivity index (χ3v) is 2.52. The van der Waals surface area contributed by atoms with Crippen LogP contribution in [0, 0.1) is 0 Å². The molecule has 2 N–H and O–H groups in total. The monoisotopic (exact) mass is 255 g/mol. The fourth-order valence-corrected chi connectivity index (χ4v) is 1.58. The Morgan fingerprint density at radius 1 is 1.06 bits per heavy atom. The molecule has 6 nitrogen and oxygen atoms in total. The second kappa shape index (κ2) is 6.11. The molecule has 0 amide bonds. The molecule has 0 bridgehead atoms. The van der Waals surface area contributed by atoms with E-state index in [0.29, 0.717) is 22.8 Å². The summed E-state index contributed by atoms with van der Waals surface area (Å²) >= 11 is 0. The summed E-state index contributed by atoms with van der Waals surface area (Å²) in [6.45, 7) is 0. The standard InChI is InChI=1S/C12H17NO5/c1-15-7-5-8(16-2)10(9(6-7)17-3)11(13)12(14)18-4/h5-6,11H,13H2,1-4H3. The number of benzene rings is 1. The maximum atomic E-state index is 11.5. The topological polar surface area (TPSA) is 80.0 Å². The molecular weight excluding hydrogens is 238 g/mol. The number of hydrogen-bond acceptors (Lipinski definition) is 6. The van der Waals surface area contributed by atoms with Crippen LogP contribution in [0.3, 0.4) is 0 Å². The molecule has 0 fully saturated rings. The number of rotatable bonds is 5. The highest BCUT2D eigenvalue weighted by Crippen LogP contribution is 2.37. The third-order valence-electron chi connectivity index (χ3n) is 2.52. The Morgan fingerprint density at radius 3 is 1.89 bits per heavy atom. The van der Waals surface area contributed by atoms with Crippen LogP contribution in [-0.4, -0.2) is 34.4 Å². The number of carbonyl (C=O) groups excluding carboxylic acids is 1. The van der Waals surface area contributed by atoms with Gasteiger partial charge in [0, 0.05) is 12.1 Å². The number of ether oxygens (including phenoxy) is 4. The minimum absolute atomic E-state index is 0.407. The number of carbonyl (C=O) groups is 1. The predicted octanol–water partition coefficient (Wildman–Crippen LogP) is 0.885. The Morgan fingerprint density at radius 2 is 1.56 bits per heavy atom. The zero-order valence-corrected chi connectivity index (χ0v) is 10.9. The fraction of sp³-hybridized carbons (Fsp3) is 0.417. The molecule has 1 atom stereocenters. The first kappa shape index (κ1) is 14.1. The lowest BCUT2D eigenvalue weighted by atomic mass is 10.0. The summed E-state index contributed by atoms with van der Waals surface area (Å²) in [7, 11) is 5.74. The summed E-state index contributed by atoms with van der Waals surface area (Å²) in [6.07, 6.45) is 0. The van der Waals surface area contributed by atoms with Crippen LogP contribution >= 0.6 is 0 Å². The second-order valence-electron chi connectivity index (χ2n) is 3.45. The third kappa shape index (κ3) is 2.65. The zero-order chi connectivity index (χ0) is 13.7. The Kier molecular flexibility index (Phi) is 4.79. The van der Waals surface area contributed by atoms with E-state index >= 15 is 0 Å². The summed E-state index contributed by atoms with van der Waals surface area (Å²) in [5.41, 5.74) is 6.24. The van der Waals surface area contributed by atoms with Crippen LogP contribution < -0.4 is 19.9 Å². The molecule has 0 radical (unpaired) electrons. The largest absolute Gasteiger partial charge is 0.496 e. The van der Waals surface area contributed by atoms with Crippen molar-refractivity contribution in [2.24, 2.45) is 5.73 Å². The van der Waals surface area contributed by atoms with Crippen LogP contribution in [0.25, 0.3) is 0 Å². The van der Waals surface area contributed by atoms with Crippen LogP contribution in [0.4, 0.5) is 0 Å². The van der Waals surface area contributed by atoms with Crippen molar-refractivity contribution in [2.45, 2.75) is 6.04 Å². The lowest BCUT2D eigenvalue weighted by Gasteiger charge is -2.18. The molecule has 100 valence electrons. The minimum Gasteiger partial charge on any atom is -0.496 e. The van der Waals surface area contributed by atoms with Gasteiger partial charge in [0.2, 0.25) is 0 Å². The van der Waals surface area contributed by atoms with Gasteiger partial charge in [-0.2, -0.15) is 0 Å². The fourth-order valence-electron chi connectivity index (χ4n) is 1.58. The molecule has 1 unspecified atom stereocenters. The SMILES string of the molecule is COC(=O)C(N)c1c(OC)cc(OC)cc1OC. The summed E-state index contributed by atoms with van der Waals surface area (Å²) in [6, 6.07) is 2.27. The van der Waals surface area contributed by atoms with E-state index in [2.05, 4.69) is 4.74 Å². The minimum atomic E-state index is -0.981. The molecule has 0 heterocycles. The van der Waals surface area contributed by atoms with Crippen molar-refractivity contribution in [3.05, 3.63) is 17.7 Å². The molecule has 0 spiro atoms. The van der Waals surface area contributed by atoms with Gasteiger partial charge in [-0.25, -0.2) is 4.79 Å². The van der Waals surface area contributed by atoms with E-state index < -0.39 is 12.0 Å². The maximum absolute atomic E-state index is 11.5. The normalized spacial score (nSPS) is 11.6. The first-order chi connectivity index (χ1) is 8.58. The van der Waals surface area contributed by atoms with Crippen molar-refractivity contribution < 1.29 is 23.7 Å². The van der Waals surface area contributed by atoms with Gasteiger partial charge in [-0.3, -0.25) is 0 Å². The number of nitrogens with two attached hydrogens (primary N) is 1. The van der Waals surface area contributed by atoms with Gasteiger partial charge < -0.3 is 24.7 Å². The van der Waals surface area contributed by atoms with Crippen molar-refractivity contribution in [2.75, 3.05) is 28.4 Å². The van der Waals surface area contributed by atoms with Gasteiger partial charge in [-0.1, -0.05) is 0 Å². The van der Waals surface area contributed by atoms with Gasteiger partial charge in [-0.15, -0.1) is 0 Å². The zero-order valence-electron chi connectivity index (χ0n) is 10.9. The van der Waals surface area contributed by atoms with Gasteiger partial charge in [0.25, 0.3) is 0 Å². The molecule has 18 heavy (non-hydrogen) atoms. The van der Waals surface area contributed by atoms with Crippen molar-refractivity contribution in [1.82, 2.24) is 0 Å². The van der Waals surface area contributed by atoms with Crippen LogP contribution in [-0.2, 0) is 9.53 Å². The average molecular weight is 255 g/mol. The first-order valence-electron chi connectivity index (χ1n) is 5.22. The quantitative estimate of drug-likeness (QED) is 0.787. The number of methoxy groups -OCH3 is 4. The number of hydrogen-bond donors (Lipinski definition) is 1. The van der Waals surface area contributed by atoms with E-state index in [9.17, 15) is 4.79 Å². The average Bonchev–Trinajstić information content (AvgIpc) is 2.43. The smallest absolute Gasteiger partial charge is 0.327 e. The molecule has 0 saturated carbocycles. The Labute approximate surface area is 106 Å². The van der Waals surface area contributed by atoms with E-state index in [1.165, 1.54) is 28.4 Å². The molecule has 1 rings (SSSR count). The summed E-state index contributed by atoms with van der Waals surface area (Å²) in [4.78, 5) is 11.5. The van der Waals surface area contributed by atoms with Gasteiger partial charge in [0.1, 0.15) is 23.3 Å². The Hall–Kier alpha value is -1.95. The molecule has 6 heteroatoms. The Bertz CT molecular complexity index is 407. The van der Waals surface area contributed by atoms with Crippen LogP contribution in [0.5, 0.6) is 17.2 Å². The van der Waals surface area contributed by atoms with Crippen LogP contribution in [0.2, 0.25) is 0 Å². The summed E-state index contributed by atoms with van der Waals surface area (Å²) in [5.74, 6) is 0.787. The van der Waals surface area contributed by atoms with E-state index in [0.717, 1.165) is 0 Å². The van der Waals surface area contributed by atoms with Crippen molar-refractivity contribution in [3.8, 4) is 17.2 Å². The van der Waals surface area contributed by atoms with Crippen LogP contribution in [0.15, 0.2) is 12.1 Å². The predicted molar refractivity (Wildman–Crippen MR) is 65.0 cm³/mol. The molecule has 0 aromatic heterocycles. The molecule has 1 aromatic rings. The Balaban J connectivity index is 3.35. The van der Waals surface area contributed by atoms with Crippen LogP contribution in [0.1, 0.15) is 11.6 Å². The van der Waals surface area contributed by atoms with Gasteiger partial charge in [-0.05, 0) is 0 Å². The highest BCUT2D eigenvalue weighted by atomic mass is 16.5. The first-order valence-corrected chi connectivity index (χ1v) is 5.22. The number of esters is 1. The highest BCUT2D eigenvalue weighted by molar-refractivity contribution is 5.80. The van der Waals surface area contributed by atoms with Crippen molar-refractivity contribution in [3.63, 3.8) is 0 Å². The molecule has 0 saturated heterocycles. The van der Waals surface area contributed by atoms with Crippen molar-refractivity contribution >= 4 is 5.97 Å². The lowest BCUT2D eigenvalue weighted by Crippen LogP contribution is -2.23. The molecular formula is C12H17NO5. The molecule has 0 aliphatic rings. The molecule has 1 aromatic carbocycles. The van der Waals surface area contributed by atoms with E-state index in [4.69, 9.17) is 19.9 Å². The summed E-state index contributed by atoms with van der Waals surface area (Å²) in [5, 5.41) is 0. The van der Waals surface area contributed by atoms with Crippen molar-refractivity contribution in [1.29, 1.82) is 0 Å². The summed E-state index contributed by atoms with van der Waals surface area (Å²) < 4.78 is 20.1. The van der Waals surface area contributed by atoms with Gasteiger partial charge >= 0.3 is 5.97 Å². The van der Waals surface area contributed by atoms with E-state index in [-0.39, 0.29) is 0 Å². The highest BCUT2D eigenvalue weighted by Gasteiger charge is 2.25. The van der Waals surface area contributed by atoms with Gasteiger partial charge in [0.05, 0.1) is 34.0 Å². The molecule has 0 aliphatic carbocycles. The van der Waals surface area contributed by atoms with Gasteiger partial charge in [0.15, 0.2) is 0 Å². The van der Waals surface area contributed by atoms with E-state index in [1.54, 1.807) is 12.1 Å². The van der Waals surface area contributed by atoms with E-state index in [1.807, 2.05) is 0 Å². The second-order valence-corrected chi connectivity index (χ2v) is 3.45. The molecule has 0 aliphatic heterocycles. The lowest BCUT2D eigenvalue weighted by molar-refractivity contribution is -0.142. The maximum Gasteiger partial charge on any atom is 0.327 e.